The number of fused-ring (bicyclic) bond motifs is 1. The number of hydrogen-bond donors (Lipinski definition) is 2. The van der Waals surface area contributed by atoms with E-state index in [0.717, 1.165) is 14.6 Å². The number of halogens is 1. The monoisotopic (exact) mass is 226 g/mol. The van der Waals surface area contributed by atoms with Crippen LogP contribution in [0.3, 0.4) is 0 Å². The number of nitrogens with two attached hydrogens (primary N) is 2. The number of thiophene rings is 1. The summed E-state index contributed by atoms with van der Waals surface area (Å²) in [5, 5.41) is 1.94. The number of rotatable bonds is 2. The van der Waals surface area contributed by atoms with Crippen molar-refractivity contribution in [2.24, 2.45) is 11.5 Å². The summed E-state index contributed by atoms with van der Waals surface area (Å²) in [5.74, 6) is 0. The van der Waals surface area contributed by atoms with E-state index < -0.39 is 0 Å². The van der Waals surface area contributed by atoms with E-state index in [1.807, 2.05) is 18.2 Å². The highest BCUT2D eigenvalue weighted by Crippen LogP contribution is 2.30. The Bertz CT molecular complexity index is 452. The lowest BCUT2D eigenvalue weighted by molar-refractivity contribution is 0.752. The molecule has 74 valence electrons. The molecule has 0 unspecified atom stereocenters. The zero-order valence-electron chi connectivity index (χ0n) is 7.53. The van der Waals surface area contributed by atoms with E-state index in [0.29, 0.717) is 6.54 Å². The van der Waals surface area contributed by atoms with Crippen molar-refractivity contribution in [1.29, 1.82) is 0 Å². The first-order valence-electron chi connectivity index (χ1n) is 4.35. The summed E-state index contributed by atoms with van der Waals surface area (Å²) in [6.45, 7) is 0.473. The molecule has 0 spiro atoms. The molecular formula is C10H11ClN2S. The van der Waals surface area contributed by atoms with Gasteiger partial charge in [-0.1, -0.05) is 17.7 Å². The molecule has 1 heterocycles. The fraction of sp³-hybridized carbons (Fsp3) is 0.200. The number of benzene rings is 1. The van der Waals surface area contributed by atoms with Gasteiger partial charge < -0.3 is 11.5 Å². The molecular weight excluding hydrogens is 216 g/mol. The van der Waals surface area contributed by atoms with Gasteiger partial charge in [-0.05, 0) is 23.6 Å². The molecule has 4 heteroatoms. The van der Waals surface area contributed by atoms with Gasteiger partial charge in [-0.3, -0.25) is 0 Å². The summed E-state index contributed by atoms with van der Waals surface area (Å²) >= 11 is 7.55. The minimum Gasteiger partial charge on any atom is -0.329 e. The summed E-state index contributed by atoms with van der Waals surface area (Å²) < 4.78 is 1.16. The summed E-state index contributed by atoms with van der Waals surface area (Å²) in [6, 6.07) is 7.85. The van der Waals surface area contributed by atoms with Crippen LogP contribution in [0.15, 0.2) is 24.3 Å². The normalized spacial score (nSPS) is 13.4. The lowest BCUT2D eigenvalue weighted by Gasteiger charge is -2.02. The molecule has 2 aromatic rings. The van der Waals surface area contributed by atoms with Crippen molar-refractivity contribution in [3.05, 3.63) is 34.2 Å². The van der Waals surface area contributed by atoms with Gasteiger partial charge in [0.15, 0.2) is 0 Å². The standard InChI is InChI=1S/C10H11ClN2S/c11-7-2-1-6-3-10(8(13)5-12)14-9(6)4-7/h1-4,8H,5,12-13H2/t8-/m1/s1. The molecule has 2 rings (SSSR count). The van der Waals surface area contributed by atoms with E-state index in [2.05, 4.69) is 6.07 Å². The van der Waals surface area contributed by atoms with Gasteiger partial charge in [0.1, 0.15) is 0 Å². The van der Waals surface area contributed by atoms with Gasteiger partial charge in [-0.25, -0.2) is 0 Å². The lowest BCUT2D eigenvalue weighted by atomic mass is 10.2. The van der Waals surface area contributed by atoms with E-state index in [4.69, 9.17) is 23.1 Å². The molecule has 0 amide bonds. The third-order valence-corrected chi connectivity index (χ3v) is 3.59. The molecule has 0 aliphatic heterocycles. The summed E-state index contributed by atoms with van der Waals surface area (Å²) in [4.78, 5) is 1.12. The van der Waals surface area contributed by atoms with Crippen molar-refractivity contribution < 1.29 is 0 Å². The molecule has 1 atom stereocenters. The van der Waals surface area contributed by atoms with Crippen LogP contribution in [0.5, 0.6) is 0 Å². The molecule has 1 aromatic heterocycles. The third-order valence-electron chi connectivity index (χ3n) is 2.12. The molecule has 0 saturated heterocycles. The smallest absolute Gasteiger partial charge is 0.0514 e. The van der Waals surface area contributed by atoms with E-state index in [1.165, 1.54) is 5.39 Å². The molecule has 14 heavy (non-hydrogen) atoms. The van der Waals surface area contributed by atoms with E-state index in [9.17, 15) is 0 Å². The Kier molecular flexibility index (Phi) is 2.74. The van der Waals surface area contributed by atoms with Crippen LogP contribution < -0.4 is 11.5 Å². The molecule has 0 saturated carbocycles. The lowest BCUT2D eigenvalue weighted by Crippen LogP contribution is -2.19. The van der Waals surface area contributed by atoms with Crippen LogP contribution in [0.25, 0.3) is 10.1 Å². The van der Waals surface area contributed by atoms with Crippen molar-refractivity contribution in [2.45, 2.75) is 6.04 Å². The Morgan fingerprint density at radius 3 is 2.86 bits per heavy atom. The second kappa shape index (κ2) is 3.87. The highest BCUT2D eigenvalue weighted by molar-refractivity contribution is 7.19. The van der Waals surface area contributed by atoms with Crippen molar-refractivity contribution in [3.63, 3.8) is 0 Å². The average Bonchev–Trinajstić information content (AvgIpc) is 2.59. The van der Waals surface area contributed by atoms with Crippen molar-refractivity contribution >= 4 is 33.0 Å². The van der Waals surface area contributed by atoms with Crippen molar-refractivity contribution in [1.82, 2.24) is 0 Å². The van der Waals surface area contributed by atoms with Gasteiger partial charge in [-0.2, -0.15) is 0 Å². The van der Waals surface area contributed by atoms with E-state index in [1.54, 1.807) is 11.3 Å². The maximum absolute atomic E-state index is 5.89. The van der Waals surface area contributed by atoms with Crippen LogP contribution in [0.2, 0.25) is 5.02 Å². The SMILES string of the molecule is NC[C@@H](N)c1cc2ccc(Cl)cc2s1. The minimum absolute atomic E-state index is 0.0637. The second-order valence-electron chi connectivity index (χ2n) is 3.17. The maximum Gasteiger partial charge on any atom is 0.0514 e. The summed E-state index contributed by atoms with van der Waals surface area (Å²) in [5.41, 5.74) is 11.4. The van der Waals surface area contributed by atoms with Crippen LogP contribution in [0, 0.1) is 0 Å². The van der Waals surface area contributed by atoms with Crippen LogP contribution >= 0.6 is 22.9 Å². The predicted molar refractivity (Wildman–Crippen MR) is 62.8 cm³/mol. The topological polar surface area (TPSA) is 52.0 Å². The first-order valence-corrected chi connectivity index (χ1v) is 5.55. The van der Waals surface area contributed by atoms with Gasteiger partial charge in [-0.15, -0.1) is 11.3 Å². The molecule has 2 nitrogen and oxygen atoms in total. The molecule has 0 radical (unpaired) electrons. The molecule has 0 fully saturated rings. The minimum atomic E-state index is -0.0637. The highest BCUT2D eigenvalue weighted by Gasteiger charge is 2.08. The molecule has 1 aromatic carbocycles. The largest absolute Gasteiger partial charge is 0.329 e. The van der Waals surface area contributed by atoms with E-state index >= 15 is 0 Å². The summed E-state index contributed by atoms with van der Waals surface area (Å²) in [7, 11) is 0. The zero-order chi connectivity index (χ0) is 10.1. The molecule has 4 N–H and O–H groups in total. The van der Waals surface area contributed by atoms with Gasteiger partial charge in [0, 0.05) is 21.1 Å². The zero-order valence-corrected chi connectivity index (χ0v) is 9.11. The van der Waals surface area contributed by atoms with Gasteiger partial charge in [0.05, 0.1) is 6.04 Å². The first kappa shape index (κ1) is 9.93. The second-order valence-corrected chi connectivity index (χ2v) is 4.72. The quantitative estimate of drug-likeness (QED) is 0.827. The van der Waals surface area contributed by atoms with Crippen LogP contribution in [0.4, 0.5) is 0 Å². The Labute approximate surface area is 91.5 Å². The Hall–Kier alpha value is -0.610. The van der Waals surface area contributed by atoms with Gasteiger partial charge in [0.2, 0.25) is 0 Å². The highest BCUT2D eigenvalue weighted by atomic mass is 35.5. The van der Waals surface area contributed by atoms with Crippen LogP contribution in [-0.2, 0) is 0 Å². The average molecular weight is 227 g/mol. The van der Waals surface area contributed by atoms with Gasteiger partial charge in [0.25, 0.3) is 0 Å². The van der Waals surface area contributed by atoms with Crippen molar-refractivity contribution in [3.8, 4) is 0 Å². The Morgan fingerprint density at radius 1 is 1.36 bits per heavy atom. The number of hydrogen-bond acceptors (Lipinski definition) is 3. The Morgan fingerprint density at radius 2 is 2.14 bits per heavy atom. The van der Waals surface area contributed by atoms with E-state index in [-0.39, 0.29) is 6.04 Å². The molecule has 0 bridgehead atoms. The van der Waals surface area contributed by atoms with Crippen LogP contribution in [-0.4, -0.2) is 6.54 Å². The summed E-state index contributed by atoms with van der Waals surface area (Å²) in [6.07, 6.45) is 0. The predicted octanol–water partition coefficient (Wildman–Crippen LogP) is 2.51. The third kappa shape index (κ3) is 1.77. The van der Waals surface area contributed by atoms with Crippen LogP contribution in [0.1, 0.15) is 10.9 Å². The molecule has 0 aliphatic carbocycles. The fourth-order valence-electron chi connectivity index (χ4n) is 1.32. The fourth-order valence-corrected chi connectivity index (χ4v) is 2.68. The van der Waals surface area contributed by atoms with Crippen molar-refractivity contribution in [2.75, 3.05) is 6.54 Å². The van der Waals surface area contributed by atoms with Gasteiger partial charge >= 0.3 is 0 Å². The Balaban J connectivity index is 2.51. The first-order chi connectivity index (χ1) is 6.70. The maximum atomic E-state index is 5.89. The molecule has 0 aliphatic rings.